The second-order valence-corrected chi connectivity index (χ2v) is 5.46. The van der Waals surface area contributed by atoms with E-state index in [9.17, 15) is 0 Å². The molecule has 0 radical (unpaired) electrons. The summed E-state index contributed by atoms with van der Waals surface area (Å²) in [4.78, 5) is 9.36. The Morgan fingerprint density at radius 1 is 1.44 bits per heavy atom. The number of rotatable bonds is 3. The molecule has 2 aromatic rings. The van der Waals surface area contributed by atoms with E-state index in [0.29, 0.717) is 5.69 Å². The third-order valence-corrected chi connectivity index (χ3v) is 3.55. The van der Waals surface area contributed by atoms with E-state index in [1.807, 2.05) is 13.1 Å². The van der Waals surface area contributed by atoms with E-state index in [2.05, 4.69) is 31.2 Å². The molecule has 0 bridgehead atoms. The largest absolute Gasteiger partial charge is 0.396 e. The molecule has 0 amide bonds. The summed E-state index contributed by atoms with van der Waals surface area (Å²) in [5.41, 5.74) is 7.33. The van der Waals surface area contributed by atoms with Gasteiger partial charge in [0, 0.05) is 17.3 Å². The van der Waals surface area contributed by atoms with Gasteiger partial charge >= 0.3 is 0 Å². The van der Waals surface area contributed by atoms with Gasteiger partial charge in [-0.2, -0.15) is 0 Å². The molecule has 84 valence electrons. The van der Waals surface area contributed by atoms with Crippen LogP contribution in [0.15, 0.2) is 23.1 Å². The number of aromatic nitrogens is 2. The van der Waals surface area contributed by atoms with Gasteiger partial charge in [-0.15, -0.1) is 11.3 Å². The number of hydrogen-bond donors (Lipinski definition) is 2. The second kappa shape index (κ2) is 4.80. The number of anilines is 2. The predicted octanol–water partition coefficient (Wildman–Crippen LogP) is 2.80. The van der Waals surface area contributed by atoms with E-state index in [1.54, 1.807) is 23.7 Å². The number of aryl methyl sites for hydroxylation is 1. The van der Waals surface area contributed by atoms with Crippen LogP contribution in [-0.2, 0) is 6.54 Å². The molecular weight excluding hydrogens is 288 g/mol. The van der Waals surface area contributed by atoms with Crippen molar-refractivity contribution in [1.82, 2.24) is 9.97 Å². The zero-order valence-electron chi connectivity index (χ0n) is 8.70. The first kappa shape index (κ1) is 11.3. The van der Waals surface area contributed by atoms with E-state index in [-0.39, 0.29) is 0 Å². The maximum atomic E-state index is 5.82. The second-order valence-electron chi connectivity index (χ2n) is 3.28. The van der Waals surface area contributed by atoms with Crippen molar-refractivity contribution in [3.8, 4) is 0 Å². The van der Waals surface area contributed by atoms with Gasteiger partial charge in [0.2, 0.25) is 0 Å². The van der Waals surface area contributed by atoms with Crippen LogP contribution in [0.2, 0.25) is 0 Å². The van der Waals surface area contributed by atoms with Crippen LogP contribution in [0.4, 0.5) is 11.4 Å². The summed E-state index contributed by atoms with van der Waals surface area (Å²) in [6.45, 7) is 2.71. The molecule has 0 aromatic carbocycles. The van der Waals surface area contributed by atoms with Crippen molar-refractivity contribution in [2.75, 3.05) is 11.1 Å². The highest BCUT2D eigenvalue weighted by molar-refractivity contribution is 9.10. The van der Waals surface area contributed by atoms with Crippen molar-refractivity contribution in [2.24, 2.45) is 0 Å². The smallest absolute Gasteiger partial charge is 0.0897 e. The number of pyridine rings is 1. The maximum absolute atomic E-state index is 5.82. The van der Waals surface area contributed by atoms with E-state index >= 15 is 0 Å². The molecule has 0 fully saturated rings. The number of nitrogens with one attached hydrogen (secondary N) is 1. The Morgan fingerprint density at radius 3 is 2.88 bits per heavy atom. The minimum Gasteiger partial charge on any atom is -0.396 e. The van der Waals surface area contributed by atoms with Crippen LogP contribution in [0.1, 0.15) is 9.88 Å². The Bertz CT molecular complexity index is 477. The fourth-order valence-electron chi connectivity index (χ4n) is 1.30. The summed E-state index contributed by atoms with van der Waals surface area (Å²) >= 11 is 5.08. The van der Waals surface area contributed by atoms with Crippen LogP contribution in [0, 0.1) is 6.92 Å². The van der Waals surface area contributed by atoms with E-state index in [1.165, 1.54) is 4.88 Å². The lowest BCUT2D eigenvalue weighted by Gasteiger charge is -2.09. The Kier molecular flexibility index (Phi) is 3.40. The molecule has 0 spiro atoms. The Labute approximate surface area is 106 Å². The minimum absolute atomic E-state index is 0.635. The molecule has 0 saturated heterocycles. The standard InChI is InChI=1S/C10H11BrN4S/c1-6-14-2-7(16-6)3-15-10-8(11)4-13-5-9(10)12/h2,4-5H,3,12H2,1H3,(H,13,15). The number of nitrogens with zero attached hydrogens (tertiary/aromatic N) is 2. The summed E-state index contributed by atoms with van der Waals surface area (Å²) in [5.74, 6) is 0. The quantitative estimate of drug-likeness (QED) is 0.914. The Balaban J connectivity index is 2.10. The van der Waals surface area contributed by atoms with Crippen LogP contribution >= 0.6 is 27.3 Å². The summed E-state index contributed by atoms with van der Waals surface area (Å²) < 4.78 is 0.869. The van der Waals surface area contributed by atoms with Gasteiger partial charge in [0.25, 0.3) is 0 Å². The highest BCUT2D eigenvalue weighted by Gasteiger charge is 2.05. The van der Waals surface area contributed by atoms with Crippen molar-refractivity contribution >= 4 is 38.6 Å². The molecule has 2 heterocycles. The molecule has 0 aliphatic carbocycles. The Morgan fingerprint density at radius 2 is 2.25 bits per heavy atom. The van der Waals surface area contributed by atoms with Crippen molar-refractivity contribution in [3.63, 3.8) is 0 Å². The highest BCUT2D eigenvalue weighted by atomic mass is 79.9. The highest BCUT2D eigenvalue weighted by Crippen LogP contribution is 2.27. The van der Waals surface area contributed by atoms with Crippen molar-refractivity contribution < 1.29 is 0 Å². The van der Waals surface area contributed by atoms with Crippen LogP contribution in [0.25, 0.3) is 0 Å². The first-order chi connectivity index (χ1) is 7.66. The SMILES string of the molecule is Cc1ncc(CNc2c(N)cncc2Br)s1. The molecular formula is C10H11BrN4S. The zero-order chi connectivity index (χ0) is 11.5. The molecule has 3 N–H and O–H groups in total. The van der Waals surface area contributed by atoms with Gasteiger partial charge in [-0.05, 0) is 22.9 Å². The lowest BCUT2D eigenvalue weighted by Crippen LogP contribution is -2.02. The first-order valence-corrected chi connectivity index (χ1v) is 6.32. The van der Waals surface area contributed by atoms with Crippen LogP contribution in [0.3, 0.4) is 0 Å². The molecule has 0 atom stereocenters. The molecule has 2 rings (SSSR count). The van der Waals surface area contributed by atoms with Crippen molar-refractivity contribution in [3.05, 3.63) is 32.9 Å². The molecule has 6 heteroatoms. The number of nitrogen functional groups attached to an aromatic ring is 1. The van der Waals surface area contributed by atoms with Crippen LogP contribution in [-0.4, -0.2) is 9.97 Å². The molecule has 4 nitrogen and oxygen atoms in total. The fraction of sp³-hybridized carbons (Fsp3) is 0.200. The van der Waals surface area contributed by atoms with E-state index in [4.69, 9.17) is 5.73 Å². The number of hydrogen-bond acceptors (Lipinski definition) is 5. The third-order valence-electron chi connectivity index (χ3n) is 2.04. The van der Waals surface area contributed by atoms with Gasteiger partial charge < -0.3 is 11.1 Å². The lowest BCUT2D eigenvalue weighted by atomic mass is 10.3. The number of nitrogens with two attached hydrogens (primary N) is 1. The summed E-state index contributed by atoms with van der Waals surface area (Å²) in [6.07, 6.45) is 5.22. The normalized spacial score (nSPS) is 10.4. The average Bonchev–Trinajstić information content (AvgIpc) is 2.63. The summed E-state index contributed by atoms with van der Waals surface area (Å²) in [5, 5.41) is 4.34. The topological polar surface area (TPSA) is 63.8 Å². The molecule has 16 heavy (non-hydrogen) atoms. The minimum atomic E-state index is 0.635. The zero-order valence-corrected chi connectivity index (χ0v) is 11.1. The third kappa shape index (κ3) is 2.51. The lowest BCUT2D eigenvalue weighted by molar-refractivity contribution is 1.16. The number of thiazole rings is 1. The molecule has 2 aromatic heterocycles. The van der Waals surface area contributed by atoms with Crippen molar-refractivity contribution in [1.29, 1.82) is 0 Å². The van der Waals surface area contributed by atoms with Crippen molar-refractivity contribution in [2.45, 2.75) is 13.5 Å². The van der Waals surface area contributed by atoms with Gasteiger partial charge in [-0.1, -0.05) is 0 Å². The summed E-state index contributed by atoms with van der Waals surface area (Å²) in [6, 6.07) is 0. The van der Waals surface area contributed by atoms with Crippen LogP contribution < -0.4 is 11.1 Å². The predicted molar refractivity (Wildman–Crippen MR) is 70.5 cm³/mol. The first-order valence-electron chi connectivity index (χ1n) is 4.71. The monoisotopic (exact) mass is 298 g/mol. The molecule has 0 saturated carbocycles. The van der Waals surface area contributed by atoms with Gasteiger partial charge in [-0.25, -0.2) is 4.98 Å². The van der Waals surface area contributed by atoms with Gasteiger partial charge in [0.15, 0.2) is 0 Å². The van der Waals surface area contributed by atoms with Gasteiger partial charge in [0.05, 0.1) is 33.6 Å². The molecule has 0 unspecified atom stereocenters. The molecule has 0 aliphatic heterocycles. The van der Waals surface area contributed by atoms with E-state index in [0.717, 1.165) is 21.7 Å². The average molecular weight is 299 g/mol. The van der Waals surface area contributed by atoms with Gasteiger partial charge in [-0.3, -0.25) is 4.98 Å². The van der Waals surface area contributed by atoms with Gasteiger partial charge in [0.1, 0.15) is 0 Å². The maximum Gasteiger partial charge on any atom is 0.0897 e. The van der Waals surface area contributed by atoms with E-state index < -0.39 is 0 Å². The molecule has 0 aliphatic rings. The fourth-order valence-corrected chi connectivity index (χ4v) is 2.52. The number of halogens is 1. The summed E-state index contributed by atoms with van der Waals surface area (Å²) in [7, 11) is 0. The van der Waals surface area contributed by atoms with Crippen LogP contribution in [0.5, 0.6) is 0 Å². The Hall–Kier alpha value is -1.14.